The van der Waals surface area contributed by atoms with Crippen molar-refractivity contribution in [1.82, 2.24) is 4.90 Å². The first-order valence-corrected chi connectivity index (χ1v) is 6.88. The van der Waals surface area contributed by atoms with Crippen LogP contribution in [0.2, 0.25) is 0 Å². The SMILES string of the molecule is Cc1cc(C)c(CCN(C)C(=O)C(C)CN)c(C)c1. The predicted octanol–water partition coefficient (Wildman–Crippen LogP) is 2.21. The second kappa shape index (κ2) is 6.71. The Labute approximate surface area is 116 Å². The first-order chi connectivity index (χ1) is 8.86. The van der Waals surface area contributed by atoms with Gasteiger partial charge in [0.1, 0.15) is 0 Å². The number of hydrogen-bond donors (Lipinski definition) is 1. The van der Waals surface area contributed by atoms with Gasteiger partial charge in [-0.15, -0.1) is 0 Å². The lowest BCUT2D eigenvalue weighted by Crippen LogP contribution is -2.36. The second-order valence-corrected chi connectivity index (χ2v) is 5.52. The molecule has 0 fully saturated rings. The molecule has 0 aliphatic heterocycles. The highest BCUT2D eigenvalue weighted by atomic mass is 16.2. The average molecular weight is 262 g/mol. The molecule has 19 heavy (non-hydrogen) atoms. The van der Waals surface area contributed by atoms with Crippen molar-refractivity contribution in [3.05, 3.63) is 34.4 Å². The highest BCUT2D eigenvalue weighted by Gasteiger charge is 2.16. The van der Waals surface area contributed by atoms with Crippen LogP contribution in [0.1, 0.15) is 29.2 Å². The summed E-state index contributed by atoms with van der Waals surface area (Å²) in [5, 5.41) is 0. The number of benzene rings is 1. The van der Waals surface area contributed by atoms with Gasteiger partial charge in [-0.1, -0.05) is 24.6 Å². The van der Waals surface area contributed by atoms with Crippen molar-refractivity contribution in [3.8, 4) is 0 Å². The van der Waals surface area contributed by atoms with Gasteiger partial charge in [-0.2, -0.15) is 0 Å². The van der Waals surface area contributed by atoms with Crippen molar-refractivity contribution >= 4 is 5.91 Å². The van der Waals surface area contributed by atoms with E-state index in [1.165, 1.54) is 22.3 Å². The number of rotatable bonds is 5. The number of nitrogens with zero attached hydrogens (tertiary/aromatic N) is 1. The van der Waals surface area contributed by atoms with E-state index in [1.807, 2.05) is 14.0 Å². The molecule has 1 amide bonds. The van der Waals surface area contributed by atoms with E-state index < -0.39 is 0 Å². The highest BCUT2D eigenvalue weighted by molar-refractivity contribution is 5.78. The number of nitrogens with two attached hydrogens (primary N) is 1. The van der Waals surface area contributed by atoms with Crippen molar-refractivity contribution in [2.45, 2.75) is 34.1 Å². The molecule has 0 saturated carbocycles. The molecular formula is C16H26N2O. The normalized spacial score (nSPS) is 12.3. The fraction of sp³-hybridized carbons (Fsp3) is 0.562. The van der Waals surface area contributed by atoms with Gasteiger partial charge in [0.2, 0.25) is 5.91 Å². The highest BCUT2D eigenvalue weighted by Crippen LogP contribution is 2.17. The van der Waals surface area contributed by atoms with E-state index in [1.54, 1.807) is 4.90 Å². The topological polar surface area (TPSA) is 46.3 Å². The van der Waals surface area contributed by atoms with Crippen LogP contribution in [-0.4, -0.2) is 30.9 Å². The van der Waals surface area contributed by atoms with Crippen molar-refractivity contribution in [1.29, 1.82) is 0 Å². The molecule has 106 valence electrons. The second-order valence-electron chi connectivity index (χ2n) is 5.52. The maximum Gasteiger partial charge on any atom is 0.226 e. The van der Waals surface area contributed by atoms with Crippen LogP contribution >= 0.6 is 0 Å². The quantitative estimate of drug-likeness (QED) is 0.884. The summed E-state index contributed by atoms with van der Waals surface area (Å²) in [6.45, 7) is 9.42. The molecule has 2 N–H and O–H groups in total. The monoisotopic (exact) mass is 262 g/mol. The lowest BCUT2D eigenvalue weighted by molar-refractivity contribution is -0.133. The van der Waals surface area contributed by atoms with Crippen molar-refractivity contribution in [3.63, 3.8) is 0 Å². The van der Waals surface area contributed by atoms with Crippen molar-refractivity contribution < 1.29 is 4.79 Å². The van der Waals surface area contributed by atoms with Crippen LogP contribution < -0.4 is 5.73 Å². The molecule has 0 saturated heterocycles. The molecule has 1 aromatic rings. The standard InChI is InChI=1S/C16H26N2O/c1-11-8-12(2)15(13(3)9-11)6-7-18(5)16(19)14(4)10-17/h8-9,14H,6-7,10,17H2,1-5H3. The number of aryl methyl sites for hydroxylation is 3. The summed E-state index contributed by atoms with van der Waals surface area (Å²) in [6.07, 6.45) is 0.900. The van der Waals surface area contributed by atoms with Gasteiger partial charge in [0.15, 0.2) is 0 Å². The Hall–Kier alpha value is -1.35. The van der Waals surface area contributed by atoms with E-state index in [-0.39, 0.29) is 11.8 Å². The zero-order valence-electron chi connectivity index (χ0n) is 12.8. The van der Waals surface area contributed by atoms with Gasteiger partial charge in [-0.25, -0.2) is 0 Å². The largest absolute Gasteiger partial charge is 0.345 e. The van der Waals surface area contributed by atoms with E-state index in [4.69, 9.17) is 5.73 Å². The lowest BCUT2D eigenvalue weighted by Gasteiger charge is -2.21. The molecule has 0 aliphatic carbocycles. The fourth-order valence-corrected chi connectivity index (χ4v) is 2.47. The molecule has 0 aromatic heterocycles. The Kier molecular flexibility index (Phi) is 5.55. The summed E-state index contributed by atoms with van der Waals surface area (Å²) in [7, 11) is 1.85. The maximum absolute atomic E-state index is 12.0. The van der Waals surface area contributed by atoms with Crippen LogP contribution in [0.4, 0.5) is 0 Å². The number of carbonyl (C=O) groups is 1. The summed E-state index contributed by atoms with van der Waals surface area (Å²) < 4.78 is 0. The van der Waals surface area contributed by atoms with Gasteiger partial charge in [0, 0.05) is 26.1 Å². The minimum absolute atomic E-state index is 0.0924. The number of carbonyl (C=O) groups excluding carboxylic acids is 1. The zero-order chi connectivity index (χ0) is 14.6. The van der Waals surface area contributed by atoms with Gasteiger partial charge in [0.25, 0.3) is 0 Å². The predicted molar refractivity (Wildman–Crippen MR) is 80.2 cm³/mol. The van der Waals surface area contributed by atoms with Crippen molar-refractivity contribution in [2.24, 2.45) is 11.7 Å². The molecule has 3 heteroatoms. The Morgan fingerprint density at radius 3 is 2.26 bits per heavy atom. The van der Waals surface area contributed by atoms with Crippen LogP contribution in [0.15, 0.2) is 12.1 Å². The van der Waals surface area contributed by atoms with Gasteiger partial charge in [-0.3, -0.25) is 4.79 Å². The van der Waals surface area contributed by atoms with Crippen molar-refractivity contribution in [2.75, 3.05) is 20.1 Å². The Balaban J connectivity index is 2.70. The van der Waals surface area contributed by atoms with Gasteiger partial charge in [0.05, 0.1) is 0 Å². The molecule has 3 nitrogen and oxygen atoms in total. The minimum Gasteiger partial charge on any atom is -0.345 e. The van der Waals surface area contributed by atoms with E-state index in [2.05, 4.69) is 32.9 Å². The maximum atomic E-state index is 12.0. The van der Waals surface area contributed by atoms with E-state index in [9.17, 15) is 4.79 Å². The molecule has 1 aromatic carbocycles. The molecule has 1 unspecified atom stereocenters. The molecule has 0 spiro atoms. The summed E-state index contributed by atoms with van der Waals surface area (Å²) in [5.41, 5.74) is 10.8. The van der Waals surface area contributed by atoms with Gasteiger partial charge < -0.3 is 10.6 Å². The van der Waals surface area contributed by atoms with E-state index in [0.717, 1.165) is 13.0 Å². The van der Waals surface area contributed by atoms with Crippen LogP contribution in [-0.2, 0) is 11.2 Å². The third kappa shape index (κ3) is 4.06. The minimum atomic E-state index is -0.0924. The molecule has 1 atom stereocenters. The molecular weight excluding hydrogens is 236 g/mol. The Morgan fingerprint density at radius 1 is 1.26 bits per heavy atom. The third-order valence-electron chi connectivity index (χ3n) is 3.69. The summed E-state index contributed by atoms with van der Waals surface area (Å²) in [6, 6.07) is 4.40. The average Bonchev–Trinajstić information content (AvgIpc) is 2.35. The van der Waals surface area contributed by atoms with Gasteiger partial charge in [-0.05, 0) is 43.9 Å². The van der Waals surface area contributed by atoms with Crippen LogP contribution in [0.5, 0.6) is 0 Å². The zero-order valence-corrected chi connectivity index (χ0v) is 12.8. The molecule has 1 rings (SSSR count). The Bertz CT molecular complexity index is 431. The van der Waals surface area contributed by atoms with E-state index >= 15 is 0 Å². The first-order valence-electron chi connectivity index (χ1n) is 6.88. The van der Waals surface area contributed by atoms with Gasteiger partial charge >= 0.3 is 0 Å². The summed E-state index contributed by atoms with van der Waals surface area (Å²) >= 11 is 0. The fourth-order valence-electron chi connectivity index (χ4n) is 2.47. The molecule has 0 heterocycles. The summed E-state index contributed by atoms with van der Waals surface area (Å²) in [5.74, 6) is 0.0372. The third-order valence-corrected chi connectivity index (χ3v) is 3.69. The molecule has 0 bridgehead atoms. The van der Waals surface area contributed by atoms with Crippen LogP contribution in [0.25, 0.3) is 0 Å². The molecule has 0 radical (unpaired) electrons. The Morgan fingerprint density at radius 2 is 1.79 bits per heavy atom. The molecule has 0 aliphatic rings. The number of hydrogen-bond acceptors (Lipinski definition) is 2. The number of likely N-dealkylation sites (N-methyl/N-ethyl adjacent to an activating group) is 1. The smallest absolute Gasteiger partial charge is 0.226 e. The van der Waals surface area contributed by atoms with E-state index in [0.29, 0.717) is 6.54 Å². The van der Waals surface area contributed by atoms with Crippen LogP contribution in [0.3, 0.4) is 0 Å². The lowest BCUT2D eigenvalue weighted by atomic mass is 9.97. The summed E-state index contributed by atoms with van der Waals surface area (Å²) in [4.78, 5) is 13.8. The number of amides is 1. The first kappa shape index (κ1) is 15.7. The van der Waals surface area contributed by atoms with Crippen LogP contribution in [0, 0.1) is 26.7 Å².